The molecule has 6 nitrogen and oxygen atoms in total. The minimum atomic E-state index is -0.446. The molecule has 6 heteroatoms. The largest absolute Gasteiger partial charge is 0.486 e. The number of nitrogens with zero attached hydrogens (tertiary/aromatic N) is 2. The number of amides is 1. The normalized spacial score (nSPS) is 20.9. The van der Waals surface area contributed by atoms with Crippen LogP contribution in [0.15, 0.2) is 24.8 Å². The third kappa shape index (κ3) is 6.83. The highest BCUT2D eigenvalue weighted by Gasteiger charge is 2.40. The molecule has 0 saturated carbocycles. The van der Waals surface area contributed by atoms with Gasteiger partial charge in [0.15, 0.2) is 0 Å². The summed E-state index contributed by atoms with van der Waals surface area (Å²) in [7, 11) is 2.18. The van der Waals surface area contributed by atoms with Crippen molar-refractivity contribution < 1.29 is 19.1 Å². The molecule has 0 bridgehead atoms. The molecule has 1 aromatic rings. The molecule has 1 aromatic carbocycles. The minimum absolute atomic E-state index is 0.00580. The predicted molar refractivity (Wildman–Crippen MR) is 132 cm³/mol. The van der Waals surface area contributed by atoms with Gasteiger partial charge in [0.05, 0.1) is 0 Å². The van der Waals surface area contributed by atoms with Gasteiger partial charge < -0.3 is 24.1 Å². The molecule has 3 aliphatic rings. The summed E-state index contributed by atoms with van der Waals surface area (Å²) in [6, 6.07) is 6.43. The molecule has 0 aliphatic carbocycles. The molecule has 1 amide bonds. The lowest BCUT2D eigenvalue weighted by molar-refractivity contribution is -0.112. The summed E-state index contributed by atoms with van der Waals surface area (Å²) in [6.07, 6.45) is 5.41. The molecule has 2 saturated heterocycles. The maximum atomic E-state index is 11.6. The van der Waals surface area contributed by atoms with E-state index in [1.807, 2.05) is 20.8 Å². The van der Waals surface area contributed by atoms with Crippen LogP contribution < -0.4 is 4.74 Å². The third-order valence-electron chi connectivity index (χ3n) is 6.66. The fourth-order valence-electron chi connectivity index (χ4n) is 4.61. The van der Waals surface area contributed by atoms with Crippen LogP contribution in [-0.2, 0) is 9.53 Å². The van der Waals surface area contributed by atoms with Crippen LogP contribution in [-0.4, -0.2) is 66.6 Å². The number of carbonyl (C=O) groups is 2. The lowest BCUT2D eigenvalue weighted by atomic mass is 9.81. The van der Waals surface area contributed by atoms with E-state index in [9.17, 15) is 9.59 Å². The highest BCUT2D eigenvalue weighted by Crippen LogP contribution is 2.44. The quantitative estimate of drug-likeness (QED) is 0.551. The molecule has 1 spiro atoms. The smallest absolute Gasteiger partial charge is 0.410 e. The molecule has 2 fully saturated rings. The van der Waals surface area contributed by atoms with Crippen molar-refractivity contribution in [1.82, 2.24) is 9.80 Å². The van der Waals surface area contributed by atoms with Gasteiger partial charge in [-0.2, -0.15) is 0 Å². The van der Waals surface area contributed by atoms with Crippen molar-refractivity contribution in [3.05, 3.63) is 35.9 Å². The van der Waals surface area contributed by atoms with Crippen LogP contribution in [0.2, 0.25) is 0 Å². The van der Waals surface area contributed by atoms with E-state index >= 15 is 0 Å². The molecule has 182 valence electrons. The maximum Gasteiger partial charge on any atom is 0.410 e. The minimum Gasteiger partial charge on any atom is -0.486 e. The molecule has 3 heterocycles. The Hall–Kier alpha value is -2.34. The number of fused-ring (bicyclic) bond motifs is 1. The van der Waals surface area contributed by atoms with Crippen molar-refractivity contribution in [3.63, 3.8) is 0 Å². The Morgan fingerprint density at radius 2 is 1.82 bits per heavy atom. The van der Waals surface area contributed by atoms with Gasteiger partial charge in [-0.3, -0.25) is 0 Å². The number of ether oxygens (including phenoxy) is 2. The predicted octanol–water partition coefficient (Wildman–Crippen LogP) is 5.09. The summed E-state index contributed by atoms with van der Waals surface area (Å²) in [4.78, 5) is 26.2. The van der Waals surface area contributed by atoms with Gasteiger partial charge in [-0.1, -0.05) is 18.2 Å². The lowest BCUT2D eigenvalue weighted by Crippen LogP contribution is -2.48. The first-order valence-electron chi connectivity index (χ1n) is 12.1. The zero-order chi connectivity index (χ0) is 24.2. The van der Waals surface area contributed by atoms with Gasteiger partial charge in [0.1, 0.15) is 23.2 Å². The van der Waals surface area contributed by atoms with Gasteiger partial charge in [0.25, 0.3) is 0 Å². The fourth-order valence-corrected chi connectivity index (χ4v) is 4.61. The Morgan fingerprint density at radius 1 is 1.18 bits per heavy atom. The Labute approximate surface area is 198 Å². The van der Waals surface area contributed by atoms with Gasteiger partial charge >= 0.3 is 6.09 Å². The number of hydrogen-bond acceptors (Lipinski definition) is 5. The number of aldehydes is 1. The molecule has 0 unspecified atom stereocenters. The molecule has 0 N–H and O–H groups in total. The Kier molecular flexibility index (Phi) is 7.88. The molecule has 0 radical (unpaired) electrons. The van der Waals surface area contributed by atoms with Crippen LogP contribution in [0.5, 0.6) is 5.75 Å². The van der Waals surface area contributed by atoms with Crippen LogP contribution in [0.4, 0.5) is 4.79 Å². The average molecular weight is 457 g/mol. The van der Waals surface area contributed by atoms with Crippen molar-refractivity contribution in [1.29, 1.82) is 0 Å². The summed E-state index contributed by atoms with van der Waals surface area (Å²) < 4.78 is 11.6. The van der Waals surface area contributed by atoms with E-state index in [4.69, 9.17) is 9.47 Å². The summed E-state index contributed by atoms with van der Waals surface area (Å²) in [5, 5.41) is 0. The van der Waals surface area contributed by atoms with Crippen LogP contribution >= 0.6 is 0 Å². The van der Waals surface area contributed by atoms with Crippen molar-refractivity contribution in [2.75, 3.05) is 33.2 Å². The monoisotopic (exact) mass is 456 g/mol. The van der Waals surface area contributed by atoms with Crippen LogP contribution in [0.25, 0.3) is 5.57 Å². The van der Waals surface area contributed by atoms with Crippen molar-refractivity contribution >= 4 is 18.0 Å². The standard InChI is InChI=1S/C16H21NO.C11H19NO3/c1-12-4-5-15-14(10-12)13(2)11-16(18-15)6-8-17(3)9-7-16;1-11(2,3)15-10(14)12-6-4-9(8-13)5-7-12/h4-5,10H,2,6-9,11H2,1,3H3;8-9H,4-7H2,1-3H3. The second-order valence-electron chi connectivity index (χ2n) is 10.8. The molecule has 0 aromatic heterocycles. The first-order valence-corrected chi connectivity index (χ1v) is 12.1. The summed E-state index contributed by atoms with van der Waals surface area (Å²) >= 11 is 0. The highest BCUT2D eigenvalue weighted by molar-refractivity contribution is 5.72. The van der Waals surface area contributed by atoms with Crippen molar-refractivity contribution in [2.45, 2.75) is 71.0 Å². The van der Waals surface area contributed by atoms with Gasteiger partial charge in [0.2, 0.25) is 0 Å². The van der Waals surface area contributed by atoms with E-state index in [1.54, 1.807) is 4.90 Å². The molecular weight excluding hydrogens is 416 g/mol. The highest BCUT2D eigenvalue weighted by atomic mass is 16.6. The van der Waals surface area contributed by atoms with E-state index in [0.717, 1.165) is 57.2 Å². The van der Waals surface area contributed by atoms with E-state index in [1.165, 1.54) is 16.7 Å². The molecule has 0 atom stereocenters. The molecule has 33 heavy (non-hydrogen) atoms. The van der Waals surface area contributed by atoms with Crippen LogP contribution in [0, 0.1) is 12.8 Å². The Bertz CT molecular complexity index is 857. The SMILES string of the molecule is C=C1CC2(CCN(C)CC2)Oc2ccc(C)cc21.CC(C)(C)OC(=O)N1CCC(C=O)CC1. The first-order chi connectivity index (χ1) is 15.5. The van der Waals surface area contributed by atoms with E-state index in [-0.39, 0.29) is 17.6 Å². The number of hydrogen-bond donors (Lipinski definition) is 0. The van der Waals surface area contributed by atoms with E-state index in [2.05, 4.69) is 43.6 Å². The van der Waals surface area contributed by atoms with Crippen LogP contribution in [0.1, 0.15) is 64.0 Å². The van der Waals surface area contributed by atoms with Gasteiger partial charge in [0, 0.05) is 56.9 Å². The fraction of sp³-hybridized carbons (Fsp3) is 0.630. The zero-order valence-corrected chi connectivity index (χ0v) is 21.0. The number of carbonyl (C=O) groups excluding carboxylic acids is 2. The maximum absolute atomic E-state index is 11.6. The number of rotatable bonds is 1. The van der Waals surface area contributed by atoms with Gasteiger partial charge in [-0.15, -0.1) is 0 Å². The average Bonchev–Trinajstić information content (AvgIpc) is 2.76. The third-order valence-corrected chi connectivity index (χ3v) is 6.66. The van der Waals surface area contributed by atoms with Crippen molar-refractivity contribution in [3.8, 4) is 5.75 Å². The van der Waals surface area contributed by atoms with Gasteiger partial charge in [-0.05, 0) is 65.3 Å². The summed E-state index contributed by atoms with van der Waals surface area (Å²) in [5.74, 6) is 1.14. The number of likely N-dealkylation sites (tertiary alicyclic amines) is 2. The van der Waals surface area contributed by atoms with E-state index < -0.39 is 5.60 Å². The molecular formula is C27H40N2O4. The van der Waals surface area contributed by atoms with Crippen LogP contribution in [0.3, 0.4) is 0 Å². The topological polar surface area (TPSA) is 59.1 Å². The molecule has 3 aliphatic heterocycles. The summed E-state index contributed by atoms with van der Waals surface area (Å²) in [6.45, 7) is 15.4. The number of benzene rings is 1. The number of piperidine rings is 2. The zero-order valence-electron chi connectivity index (χ0n) is 21.0. The number of aryl methyl sites for hydroxylation is 1. The lowest BCUT2D eigenvalue weighted by Gasteiger charge is -2.44. The Morgan fingerprint density at radius 3 is 2.39 bits per heavy atom. The Balaban J connectivity index is 0.000000190. The summed E-state index contributed by atoms with van der Waals surface area (Å²) in [5.41, 5.74) is 3.28. The second kappa shape index (κ2) is 10.3. The first kappa shape index (κ1) is 25.3. The van der Waals surface area contributed by atoms with Crippen molar-refractivity contribution in [2.24, 2.45) is 5.92 Å². The molecule has 4 rings (SSSR count). The van der Waals surface area contributed by atoms with E-state index in [0.29, 0.717) is 13.1 Å². The second-order valence-corrected chi connectivity index (χ2v) is 10.8. The van der Waals surface area contributed by atoms with Gasteiger partial charge in [-0.25, -0.2) is 4.79 Å².